The Bertz CT molecular complexity index is 724. The maximum absolute atomic E-state index is 12.3. The largest absolute Gasteiger partial charge is 0.399 e. The molecule has 0 bridgehead atoms. The first-order valence-electron chi connectivity index (χ1n) is 6.14. The number of rotatable bonds is 4. The SMILES string of the molecule is Cc1cc(C)nc(ON(C)S(=O)(=O)c2ccc(N)cc2)n1. The van der Waals surface area contributed by atoms with Crippen molar-refractivity contribution in [2.45, 2.75) is 18.7 Å². The molecule has 0 unspecified atom stereocenters. The van der Waals surface area contributed by atoms with Crippen LogP contribution >= 0.6 is 0 Å². The minimum atomic E-state index is -3.80. The van der Waals surface area contributed by atoms with E-state index in [0.29, 0.717) is 17.1 Å². The third kappa shape index (κ3) is 3.47. The quantitative estimate of drug-likeness (QED) is 0.675. The lowest BCUT2D eigenvalue weighted by Crippen LogP contribution is -2.31. The molecule has 1 aromatic heterocycles. The summed E-state index contributed by atoms with van der Waals surface area (Å²) >= 11 is 0. The second-order valence-electron chi connectivity index (χ2n) is 4.51. The molecular weight excluding hydrogens is 292 g/mol. The van der Waals surface area contributed by atoms with Crippen LogP contribution in [0, 0.1) is 13.8 Å². The van der Waals surface area contributed by atoms with Crippen LogP contribution in [0.25, 0.3) is 0 Å². The van der Waals surface area contributed by atoms with Crippen molar-refractivity contribution in [3.63, 3.8) is 0 Å². The number of anilines is 1. The number of hydrogen-bond acceptors (Lipinski definition) is 6. The van der Waals surface area contributed by atoms with Gasteiger partial charge < -0.3 is 10.6 Å². The van der Waals surface area contributed by atoms with Crippen LogP contribution in [0.5, 0.6) is 6.01 Å². The Morgan fingerprint density at radius 1 is 1.10 bits per heavy atom. The minimum absolute atomic E-state index is 0.0194. The fraction of sp³-hybridized carbons (Fsp3) is 0.231. The highest BCUT2D eigenvalue weighted by molar-refractivity contribution is 7.89. The maximum atomic E-state index is 12.3. The standard InChI is InChI=1S/C13H16N4O3S/c1-9-8-10(2)16-13(15-9)20-17(3)21(18,19)12-6-4-11(14)5-7-12/h4-8H,14H2,1-3H3. The number of sulfonamides is 1. The molecule has 0 amide bonds. The van der Waals surface area contributed by atoms with Crippen molar-refractivity contribution in [2.75, 3.05) is 12.8 Å². The Balaban J connectivity index is 2.26. The van der Waals surface area contributed by atoms with Crippen molar-refractivity contribution in [3.8, 4) is 6.01 Å². The molecule has 2 aromatic rings. The highest BCUT2D eigenvalue weighted by atomic mass is 32.2. The van der Waals surface area contributed by atoms with Crippen LogP contribution in [0.3, 0.4) is 0 Å². The van der Waals surface area contributed by atoms with Gasteiger partial charge in [0, 0.05) is 24.1 Å². The molecule has 0 aliphatic rings. The molecule has 0 aliphatic carbocycles. The van der Waals surface area contributed by atoms with E-state index in [1.165, 1.54) is 31.3 Å². The number of nitrogen functional groups attached to an aromatic ring is 1. The molecule has 0 aliphatic heterocycles. The fourth-order valence-corrected chi connectivity index (χ4v) is 2.63. The maximum Gasteiger partial charge on any atom is 0.337 e. The molecule has 0 saturated heterocycles. The normalized spacial score (nSPS) is 11.6. The smallest absolute Gasteiger partial charge is 0.337 e. The number of aryl methyl sites for hydroxylation is 2. The summed E-state index contributed by atoms with van der Waals surface area (Å²) in [7, 11) is -2.52. The molecule has 7 nitrogen and oxygen atoms in total. The molecule has 0 spiro atoms. The van der Waals surface area contributed by atoms with Crippen LogP contribution in [0.4, 0.5) is 5.69 Å². The van der Waals surface area contributed by atoms with Crippen LogP contribution in [-0.4, -0.2) is 29.9 Å². The molecule has 1 heterocycles. The average Bonchev–Trinajstić information content (AvgIpc) is 2.37. The number of aromatic nitrogens is 2. The first-order chi connectivity index (χ1) is 9.79. The summed E-state index contributed by atoms with van der Waals surface area (Å²) in [5.41, 5.74) is 7.41. The predicted molar refractivity (Wildman–Crippen MR) is 77.9 cm³/mol. The van der Waals surface area contributed by atoms with Gasteiger partial charge in [0.2, 0.25) is 0 Å². The second-order valence-corrected chi connectivity index (χ2v) is 6.44. The van der Waals surface area contributed by atoms with E-state index in [4.69, 9.17) is 10.6 Å². The lowest BCUT2D eigenvalue weighted by molar-refractivity contribution is 0.0512. The first-order valence-corrected chi connectivity index (χ1v) is 7.58. The second kappa shape index (κ2) is 5.66. The molecular formula is C13H16N4O3S. The van der Waals surface area contributed by atoms with Crippen molar-refractivity contribution in [3.05, 3.63) is 41.7 Å². The summed E-state index contributed by atoms with van der Waals surface area (Å²) < 4.78 is 25.4. The van der Waals surface area contributed by atoms with E-state index in [9.17, 15) is 8.42 Å². The Labute approximate surface area is 123 Å². The van der Waals surface area contributed by atoms with Gasteiger partial charge in [-0.3, -0.25) is 0 Å². The topological polar surface area (TPSA) is 98.4 Å². The third-order valence-electron chi connectivity index (χ3n) is 2.69. The van der Waals surface area contributed by atoms with Gasteiger partial charge in [0.1, 0.15) is 0 Å². The number of hydrogen-bond donors (Lipinski definition) is 1. The lowest BCUT2D eigenvalue weighted by Gasteiger charge is -2.16. The summed E-state index contributed by atoms with van der Waals surface area (Å²) in [5.74, 6) is 0. The van der Waals surface area contributed by atoms with Gasteiger partial charge >= 0.3 is 6.01 Å². The first kappa shape index (κ1) is 15.2. The zero-order chi connectivity index (χ0) is 15.6. The molecule has 0 radical (unpaired) electrons. The predicted octanol–water partition coefficient (Wildman–Crippen LogP) is 1.29. The van der Waals surface area contributed by atoms with E-state index in [1.54, 1.807) is 19.9 Å². The monoisotopic (exact) mass is 308 g/mol. The van der Waals surface area contributed by atoms with E-state index < -0.39 is 10.0 Å². The molecule has 0 saturated carbocycles. The van der Waals surface area contributed by atoms with Gasteiger partial charge in [-0.15, -0.1) is 0 Å². The Kier molecular flexibility index (Phi) is 4.10. The fourth-order valence-electron chi connectivity index (χ4n) is 1.69. The highest BCUT2D eigenvalue weighted by Crippen LogP contribution is 2.17. The summed E-state index contributed by atoms with van der Waals surface area (Å²) in [6, 6.07) is 7.58. The number of nitrogens with zero attached hydrogens (tertiary/aromatic N) is 3. The molecule has 8 heteroatoms. The molecule has 1 aromatic carbocycles. The molecule has 0 fully saturated rings. The van der Waals surface area contributed by atoms with Crippen LogP contribution in [0.15, 0.2) is 35.2 Å². The van der Waals surface area contributed by atoms with Crippen LogP contribution in [0.1, 0.15) is 11.4 Å². The molecule has 2 N–H and O–H groups in total. The Morgan fingerprint density at radius 2 is 1.62 bits per heavy atom. The van der Waals surface area contributed by atoms with Crippen molar-refractivity contribution in [1.82, 2.24) is 14.4 Å². The van der Waals surface area contributed by atoms with Gasteiger partial charge in [0.25, 0.3) is 10.0 Å². The molecule has 112 valence electrons. The van der Waals surface area contributed by atoms with Gasteiger partial charge in [-0.05, 0) is 48.6 Å². The molecule has 2 rings (SSSR count). The van der Waals surface area contributed by atoms with E-state index in [2.05, 4.69) is 9.97 Å². The van der Waals surface area contributed by atoms with Crippen LogP contribution in [0.2, 0.25) is 0 Å². The zero-order valence-electron chi connectivity index (χ0n) is 11.9. The minimum Gasteiger partial charge on any atom is -0.399 e. The summed E-state index contributed by atoms with van der Waals surface area (Å²) in [5, 5.41) is 0. The number of benzene rings is 1. The number of hydroxylamine groups is 1. The van der Waals surface area contributed by atoms with E-state index in [0.717, 1.165) is 4.47 Å². The molecule has 21 heavy (non-hydrogen) atoms. The van der Waals surface area contributed by atoms with Gasteiger partial charge in [-0.2, -0.15) is 9.97 Å². The van der Waals surface area contributed by atoms with Gasteiger partial charge in [-0.1, -0.05) is 0 Å². The lowest BCUT2D eigenvalue weighted by atomic mass is 10.3. The van der Waals surface area contributed by atoms with Crippen molar-refractivity contribution >= 4 is 15.7 Å². The number of nitrogens with two attached hydrogens (primary N) is 1. The summed E-state index contributed by atoms with van der Waals surface area (Å²) in [4.78, 5) is 13.4. The Morgan fingerprint density at radius 3 is 2.14 bits per heavy atom. The van der Waals surface area contributed by atoms with E-state index >= 15 is 0 Å². The van der Waals surface area contributed by atoms with Crippen LogP contribution < -0.4 is 10.6 Å². The van der Waals surface area contributed by atoms with Crippen LogP contribution in [-0.2, 0) is 10.0 Å². The van der Waals surface area contributed by atoms with Gasteiger partial charge in [-0.25, -0.2) is 8.42 Å². The van der Waals surface area contributed by atoms with Gasteiger partial charge in [0.05, 0.1) is 4.90 Å². The van der Waals surface area contributed by atoms with E-state index in [1.807, 2.05) is 0 Å². The Hall–Kier alpha value is -2.19. The third-order valence-corrected chi connectivity index (χ3v) is 4.31. The van der Waals surface area contributed by atoms with E-state index in [-0.39, 0.29) is 10.9 Å². The van der Waals surface area contributed by atoms with Crippen molar-refractivity contribution in [1.29, 1.82) is 0 Å². The summed E-state index contributed by atoms with van der Waals surface area (Å²) in [6.45, 7) is 3.55. The average molecular weight is 308 g/mol. The molecule has 0 atom stereocenters. The zero-order valence-corrected chi connectivity index (χ0v) is 12.8. The van der Waals surface area contributed by atoms with Gasteiger partial charge in [0.15, 0.2) is 0 Å². The summed E-state index contributed by atoms with van der Waals surface area (Å²) in [6.07, 6.45) is 0. The van der Waals surface area contributed by atoms with Crippen molar-refractivity contribution < 1.29 is 13.3 Å². The van der Waals surface area contributed by atoms with Crippen molar-refractivity contribution in [2.24, 2.45) is 0 Å². The highest BCUT2D eigenvalue weighted by Gasteiger charge is 2.23.